The van der Waals surface area contributed by atoms with Crippen molar-refractivity contribution in [3.63, 3.8) is 0 Å². The van der Waals surface area contributed by atoms with Gasteiger partial charge in [0.1, 0.15) is 0 Å². The van der Waals surface area contributed by atoms with Crippen molar-refractivity contribution in [2.75, 3.05) is 24.7 Å². The first kappa shape index (κ1) is 24.1. The molecule has 0 N–H and O–H groups in total. The molecule has 7 nitrogen and oxygen atoms in total. The summed E-state index contributed by atoms with van der Waals surface area (Å²) in [5.41, 5.74) is 3.66. The van der Waals surface area contributed by atoms with Crippen LogP contribution in [0.3, 0.4) is 0 Å². The molecule has 2 aliphatic rings. The van der Waals surface area contributed by atoms with Crippen LogP contribution in [0, 0.1) is 6.92 Å². The SMILES string of the molecule is Cc1ccc2c(c1)C(=O)N(CCCOC1SC(=O)N(Cc3ccccc3)C1=O)CN2c1ccccc1. The second-order valence-corrected chi connectivity index (χ2v) is 9.86. The largest absolute Gasteiger partial charge is 0.357 e. The Balaban J connectivity index is 1.20. The Morgan fingerprint density at radius 1 is 0.944 bits per heavy atom. The number of rotatable bonds is 8. The molecule has 3 amide bonds. The van der Waals surface area contributed by atoms with Crippen LogP contribution in [0.5, 0.6) is 0 Å². The molecule has 2 heterocycles. The molecule has 0 aromatic heterocycles. The summed E-state index contributed by atoms with van der Waals surface area (Å²) in [7, 11) is 0. The molecule has 1 fully saturated rings. The molecule has 0 saturated carbocycles. The number of hydrogen-bond acceptors (Lipinski definition) is 6. The zero-order valence-electron chi connectivity index (χ0n) is 20.0. The lowest BCUT2D eigenvalue weighted by Gasteiger charge is -2.38. The van der Waals surface area contributed by atoms with Gasteiger partial charge in [0.05, 0.1) is 31.1 Å². The minimum Gasteiger partial charge on any atom is -0.357 e. The van der Waals surface area contributed by atoms with Gasteiger partial charge in [-0.15, -0.1) is 0 Å². The maximum absolute atomic E-state index is 13.3. The summed E-state index contributed by atoms with van der Waals surface area (Å²) in [6.45, 7) is 3.39. The number of para-hydroxylation sites is 1. The molecular weight excluding hydrogens is 474 g/mol. The Labute approximate surface area is 214 Å². The average molecular weight is 502 g/mol. The molecule has 184 valence electrons. The Morgan fingerprint density at radius 2 is 1.67 bits per heavy atom. The van der Waals surface area contributed by atoms with Crippen LogP contribution in [0.1, 0.15) is 27.9 Å². The summed E-state index contributed by atoms with van der Waals surface area (Å²) in [6.07, 6.45) is 0.548. The molecule has 0 bridgehead atoms. The van der Waals surface area contributed by atoms with Gasteiger partial charge in [-0.2, -0.15) is 0 Å². The van der Waals surface area contributed by atoms with E-state index in [4.69, 9.17) is 4.74 Å². The summed E-state index contributed by atoms with van der Waals surface area (Å²) in [5, 5.41) is -0.300. The number of hydrogen-bond donors (Lipinski definition) is 0. The first-order chi connectivity index (χ1) is 17.5. The van der Waals surface area contributed by atoms with E-state index in [0.29, 0.717) is 25.2 Å². The van der Waals surface area contributed by atoms with Crippen molar-refractivity contribution >= 4 is 40.2 Å². The molecule has 1 atom stereocenters. The first-order valence-electron chi connectivity index (χ1n) is 11.9. The number of carbonyl (C=O) groups is 3. The monoisotopic (exact) mass is 501 g/mol. The number of fused-ring (bicyclic) bond motifs is 1. The number of benzene rings is 3. The molecule has 1 saturated heterocycles. The lowest BCUT2D eigenvalue weighted by atomic mass is 10.0. The number of thioether (sulfide) groups is 1. The smallest absolute Gasteiger partial charge is 0.291 e. The lowest BCUT2D eigenvalue weighted by Crippen LogP contribution is -2.45. The summed E-state index contributed by atoms with van der Waals surface area (Å²) in [6, 6.07) is 25.3. The van der Waals surface area contributed by atoms with E-state index >= 15 is 0 Å². The van der Waals surface area contributed by atoms with E-state index in [1.54, 1.807) is 4.90 Å². The normalized spacial score (nSPS) is 17.6. The van der Waals surface area contributed by atoms with Gasteiger partial charge >= 0.3 is 0 Å². The molecule has 0 aliphatic carbocycles. The van der Waals surface area contributed by atoms with Crippen LogP contribution in [0.4, 0.5) is 16.2 Å². The third-order valence-electron chi connectivity index (χ3n) is 6.26. The number of carbonyl (C=O) groups excluding carboxylic acids is 3. The second kappa shape index (κ2) is 10.6. The molecule has 5 rings (SSSR count). The van der Waals surface area contributed by atoms with E-state index < -0.39 is 5.44 Å². The summed E-state index contributed by atoms with van der Waals surface area (Å²) < 4.78 is 5.78. The highest BCUT2D eigenvalue weighted by Gasteiger charge is 2.40. The van der Waals surface area contributed by atoms with Crippen LogP contribution < -0.4 is 4.90 Å². The third-order valence-corrected chi connectivity index (χ3v) is 7.24. The van der Waals surface area contributed by atoms with E-state index in [9.17, 15) is 14.4 Å². The van der Waals surface area contributed by atoms with Crippen molar-refractivity contribution < 1.29 is 19.1 Å². The van der Waals surface area contributed by atoms with Crippen LogP contribution in [0.2, 0.25) is 0 Å². The Kier molecular flexibility index (Phi) is 7.06. The highest BCUT2D eigenvalue weighted by Crippen LogP contribution is 2.34. The quantitative estimate of drug-likeness (QED) is 0.397. The number of amides is 3. The fourth-order valence-electron chi connectivity index (χ4n) is 4.42. The Bertz CT molecular complexity index is 1270. The molecule has 8 heteroatoms. The average Bonchev–Trinajstić information content (AvgIpc) is 3.16. The van der Waals surface area contributed by atoms with Crippen LogP contribution >= 0.6 is 11.8 Å². The van der Waals surface area contributed by atoms with E-state index in [0.717, 1.165) is 34.3 Å². The first-order valence-corrected chi connectivity index (χ1v) is 12.8. The maximum Gasteiger partial charge on any atom is 0.291 e. The van der Waals surface area contributed by atoms with Crippen molar-refractivity contribution in [2.24, 2.45) is 0 Å². The van der Waals surface area contributed by atoms with E-state index in [-0.39, 0.29) is 30.2 Å². The zero-order chi connectivity index (χ0) is 25.1. The van der Waals surface area contributed by atoms with Gasteiger partial charge < -0.3 is 14.5 Å². The molecule has 36 heavy (non-hydrogen) atoms. The highest BCUT2D eigenvalue weighted by atomic mass is 32.2. The molecule has 0 spiro atoms. The van der Waals surface area contributed by atoms with Crippen molar-refractivity contribution in [3.8, 4) is 0 Å². The van der Waals surface area contributed by atoms with Gasteiger partial charge in [0, 0.05) is 12.2 Å². The lowest BCUT2D eigenvalue weighted by molar-refractivity contribution is -0.134. The van der Waals surface area contributed by atoms with Gasteiger partial charge in [-0.1, -0.05) is 60.2 Å². The van der Waals surface area contributed by atoms with Gasteiger partial charge in [0.25, 0.3) is 17.1 Å². The minimum absolute atomic E-state index is 0.0172. The zero-order valence-corrected chi connectivity index (χ0v) is 20.8. The van der Waals surface area contributed by atoms with Gasteiger partial charge in [0.2, 0.25) is 0 Å². The van der Waals surface area contributed by atoms with E-state index in [1.165, 1.54) is 4.90 Å². The van der Waals surface area contributed by atoms with Gasteiger partial charge in [-0.25, -0.2) is 0 Å². The molecule has 3 aromatic carbocycles. The minimum atomic E-state index is -0.845. The molecule has 0 radical (unpaired) electrons. The molecule has 1 unspecified atom stereocenters. The number of anilines is 2. The topological polar surface area (TPSA) is 70.2 Å². The third kappa shape index (κ3) is 5.01. The van der Waals surface area contributed by atoms with Crippen LogP contribution in [0.25, 0.3) is 0 Å². The van der Waals surface area contributed by atoms with Crippen molar-refractivity contribution in [1.29, 1.82) is 0 Å². The predicted octanol–water partition coefficient (Wildman–Crippen LogP) is 5.17. The summed E-state index contributed by atoms with van der Waals surface area (Å²) in [4.78, 5) is 43.5. The summed E-state index contributed by atoms with van der Waals surface area (Å²) in [5.74, 6) is -0.348. The fraction of sp³-hybridized carbons (Fsp3) is 0.250. The van der Waals surface area contributed by atoms with Gasteiger partial charge in [-0.3, -0.25) is 19.3 Å². The van der Waals surface area contributed by atoms with Crippen LogP contribution in [-0.4, -0.2) is 52.1 Å². The van der Waals surface area contributed by atoms with Crippen molar-refractivity contribution in [1.82, 2.24) is 9.80 Å². The maximum atomic E-state index is 13.3. The number of aryl methyl sites for hydroxylation is 1. The fourth-order valence-corrected chi connectivity index (χ4v) is 5.28. The molecule has 2 aliphatic heterocycles. The molecular formula is C28H27N3O4S. The predicted molar refractivity (Wildman–Crippen MR) is 140 cm³/mol. The van der Waals surface area contributed by atoms with E-state index in [1.807, 2.05) is 85.8 Å². The molecule has 3 aromatic rings. The standard InChI is InChI=1S/C28H27N3O4S/c1-20-13-14-24-23(17-20)25(32)29(19-31(24)22-11-6-3-7-12-22)15-8-16-35-27-26(33)30(28(34)36-27)18-21-9-4-2-5-10-21/h2-7,9-14,17,27H,8,15-16,18-19H2,1H3. The number of imide groups is 1. The van der Waals surface area contributed by atoms with Crippen LogP contribution in [0.15, 0.2) is 78.9 Å². The van der Waals surface area contributed by atoms with Gasteiger partial charge in [-0.05, 0) is 54.9 Å². The number of nitrogens with zero attached hydrogens (tertiary/aromatic N) is 3. The highest BCUT2D eigenvalue weighted by molar-refractivity contribution is 8.15. The Morgan fingerprint density at radius 3 is 2.42 bits per heavy atom. The van der Waals surface area contributed by atoms with E-state index in [2.05, 4.69) is 4.90 Å². The van der Waals surface area contributed by atoms with Crippen LogP contribution in [-0.2, 0) is 16.1 Å². The number of ether oxygens (including phenoxy) is 1. The van der Waals surface area contributed by atoms with Crippen molar-refractivity contribution in [2.45, 2.75) is 25.3 Å². The Hall–Kier alpha value is -3.62. The van der Waals surface area contributed by atoms with Crippen molar-refractivity contribution in [3.05, 3.63) is 95.6 Å². The van der Waals surface area contributed by atoms with Gasteiger partial charge in [0.15, 0.2) is 5.44 Å². The summed E-state index contributed by atoms with van der Waals surface area (Å²) >= 11 is 0.904. The second-order valence-electron chi connectivity index (χ2n) is 8.84.